The lowest BCUT2D eigenvalue weighted by Gasteiger charge is -2.29. The van der Waals surface area contributed by atoms with E-state index < -0.39 is 12.1 Å². The summed E-state index contributed by atoms with van der Waals surface area (Å²) in [6.45, 7) is 3.95. The van der Waals surface area contributed by atoms with E-state index >= 15 is 0 Å². The van der Waals surface area contributed by atoms with Crippen molar-refractivity contribution in [1.29, 1.82) is 0 Å². The first kappa shape index (κ1) is 14.8. The molecule has 2 amide bonds. The predicted molar refractivity (Wildman–Crippen MR) is 79.6 cm³/mol. The number of amides is 2. The summed E-state index contributed by atoms with van der Waals surface area (Å²) in [6, 6.07) is 7.05. The minimum atomic E-state index is -0.558. The Labute approximate surface area is 129 Å². The van der Waals surface area contributed by atoms with Crippen LogP contribution in [0.4, 0.5) is 0 Å². The van der Waals surface area contributed by atoms with Gasteiger partial charge in [-0.1, -0.05) is 18.2 Å². The molecule has 0 bridgehead atoms. The average molecular weight is 304 g/mol. The van der Waals surface area contributed by atoms with Crippen LogP contribution in [-0.4, -0.2) is 55.2 Å². The second kappa shape index (κ2) is 6.36. The van der Waals surface area contributed by atoms with Crippen LogP contribution in [0.5, 0.6) is 5.75 Å². The van der Waals surface area contributed by atoms with Gasteiger partial charge in [-0.3, -0.25) is 9.59 Å². The minimum Gasteiger partial charge on any atom is -0.480 e. The van der Waals surface area contributed by atoms with E-state index in [0.29, 0.717) is 32.7 Å². The van der Waals surface area contributed by atoms with Crippen LogP contribution in [0.2, 0.25) is 0 Å². The molecule has 6 heteroatoms. The Morgan fingerprint density at radius 3 is 2.73 bits per heavy atom. The monoisotopic (exact) mass is 304 g/mol. The third kappa shape index (κ3) is 3.06. The summed E-state index contributed by atoms with van der Waals surface area (Å²) in [6.07, 6.45) is -0.0159. The predicted octanol–water partition coefficient (Wildman–Crippen LogP) is 0.354. The number of ether oxygens (including phenoxy) is 2. The van der Waals surface area contributed by atoms with Crippen LogP contribution in [0.25, 0.3) is 0 Å². The summed E-state index contributed by atoms with van der Waals surface area (Å²) in [5.41, 5.74) is 1.02. The van der Waals surface area contributed by atoms with Crippen LogP contribution in [0.15, 0.2) is 24.3 Å². The lowest BCUT2D eigenvalue weighted by molar-refractivity contribution is -0.140. The van der Waals surface area contributed by atoms with Crippen LogP contribution >= 0.6 is 0 Å². The number of hydrogen-bond acceptors (Lipinski definition) is 4. The molecule has 6 nitrogen and oxygen atoms in total. The smallest absolute Gasteiger partial charge is 0.262 e. The van der Waals surface area contributed by atoms with Crippen molar-refractivity contribution in [3.8, 4) is 5.75 Å². The number of benzene rings is 1. The first-order valence-corrected chi connectivity index (χ1v) is 7.56. The SMILES string of the molecule is C[C@H](NC(=O)[C@@H]1Cc2ccccc2O1)C(=O)N1CCOCC1. The van der Waals surface area contributed by atoms with Crippen molar-refractivity contribution in [1.82, 2.24) is 10.2 Å². The van der Waals surface area contributed by atoms with E-state index in [1.807, 2.05) is 24.3 Å². The van der Waals surface area contributed by atoms with Crippen LogP contribution in [0, 0.1) is 0 Å². The van der Waals surface area contributed by atoms with E-state index in [1.54, 1.807) is 11.8 Å². The summed E-state index contributed by atoms with van der Waals surface area (Å²) in [5.74, 6) is 0.423. The van der Waals surface area contributed by atoms with Gasteiger partial charge in [-0.25, -0.2) is 0 Å². The third-order valence-corrected chi connectivity index (χ3v) is 3.99. The van der Waals surface area contributed by atoms with Crippen molar-refractivity contribution in [2.45, 2.75) is 25.5 Å². The van der Waals surface area contributed by atoms with Crippen molar-refractivity contribution < 1.29 is 19.1 Å². The van der Waals surface area contributed by atoms with Crippen LogP contribution in [-0.2, 0) is 20.7 Å². The second-order valence-electron chi connectivity index (χ2n) is 5.59. The highest BCUT2D eigenvalue weighted by Gasteiger charge is 2.31. The van der Waals surface area contributed by atoms with Gasteiger partial charge in [0.2, 0.25) is 5.91 Å². The molecule has 3 rings (SSSR count). The highest BCUT2D eigenvalue weighted by Crippen LogP contribution is 2.28. The molecule has 118 valence electrons. The molecule has 1 aromatic rings. The van der Waals surface area contributed by atoms with Gasteiger partial charge in [0.05, 0.1) is 13.2 Å². The molecule has 1 fully saturated rings. The number of morpholine rings is 1. The molecule has 2 heterocycles. The fourth-order valence-electron chi connectivity index (χ4n) is 2.75. The van der Waals surface area contributed by atoms with Crippen LogP contribution in [0.3, 0.4) is 0 Å². The Morgan fingerprint density at radius 2 is 2.00 bits per heavy atom. The van der Waals surface area contributed by atoms with Gasteiger partial charge in [0.15, 0.2) is 6.10 Å². The number of carbonyl (C=O) groups excluding carboxylic acids is 2. The molecular formula is C16H20N2O4. The molecule has 22 heavy (non-hydrogen) atoms. The Balaban J connectivity index is 1.54. The average Bonchev–Trinajstić information content (AvgIpc) is 2.99. The van der Waals surface area contributed by atoms with E-state index in [-0.39, 0.29) is 11.8 Å². The largest absolute Gasteiger partial charge is 0.480 e. The molecule has 1 N–H and O–H groups in total. The molecule has 0 unspecified atom stereocenters. The number of rotatable bonds is 3. The molecule has 1 saturated heterocycles. The molecule has 0 radical (unpaired) electrons. The summed E-state index contributed by atoms with van der Waals surface area (Å²) < 4.78 is 10.9. The van der Waals surface area contributed by atoms with Crippen molar-refractivity contribution in [3.05, 3.63) is 29.8 Å². The zero-order valence-corrected chi connectivity index (χ0v) is 12.6. The highest BCUT2D eigenvalue weighted by atomic mass is 16.5. The van der Waals surface area contributed by atoms with Gasteiger partial charge in [-0.05, 0) is 18.6 Å². The normalized spacial score (nSPS) is 21.7. The molecule has 0 aromatic heterocycles. The lowest BCUT2D eigenvalue weighted by Crippen LogP contribution is -2.52. The standard InChI is InChI=1S/C16H20N2O4/c1-11(16(20)18-6-8-21-9-7-18)17-15(19)14-10-12-4-2-3-5-13(12)22-14/h2-5,11,14H,6-10H2,1H3,(H,17,19)/t11-,14-/m0/s1. The Kier molecular flexibility index (Phi) is 4.29. The molecule has 0 saturated carbocycles. The fraction of sp³-hybridized carbons (Fsp3) is 0.500. The van der Waals surface area contributed by atoms with Crippen LogP contribution in [0.1, 0.15) is 12.5 Å². The van der Waals surface area contributed by atoms with E-state index in [2.05, 4.69) is 5.32 Å². The molecule has 1 aromatic carbocycles. The molecule has 0 aliphatic carbocycles. The van der Waals surface area contributed by atoms with E-state index in [1.165, 1.54) is 0 Å². The van der Waals surface area contributed by atoms with Gasteiger partial charge in [0.25, 0.3) is 5.91 Å². The van der Waals surface area contributed by atoms with Crippen molar-refractivity contribution in [3.63, 3.8) is 0 Å². The Hall–Kier alpha value is -2.08. The van der Waals surface area contributed by atoms with Gasteiger partial charge in [0.1, 0.15) is 11.8 Å². The summed E-state index contributed by atoms with van der Waals surface area (Å²) in [4.78, 5) is 26.3. The maximum absolute atomic E-state index is 12.3. The quantitative estimate of drug-likeness (QED) is 0.875. The maximum atomic E-state index is 12.3. The Morgan fingerprint density at radius 1 is 1.27 bits per heavy atom. The number of carbonyl (C=O) groups is 2. The molecule has 0 spiro atoms. The fourth-order valence-corrected chi connectivity index (χ4v) is 2.75. The second-order valence-corrected chi connectivity index (χ2v) is 5.59. The van der Waals surface area contributed by atoms with Gasteiger partial charge in [0, 0.05) is 19.5 Å². The van der Waals surface area contributed by atoms with Gasteiger partial charge in [-0.15, -0.1) is 0 Å². The number of para-hydroxylation sites is 1. The third-order valence-electron chi connectivity index (χ3n) is 3.99. The highest BCUT2D eigenvalue weighted by molar-refractivity contribution is 5.89. The molecule has 2 atom stereocenters. The zero-order valence-electron chi connectivity index (χ0n) is 12.6. The summed E-state index contributed by atoms with van der Waals surface area (Å²) in [5, 5.41) is 2.76. The molecule has 2 aliphatic rings. The summed E-state index contributed by atoms with van der Waals surface area (Å²) in [7, 11) is 0. The topological polar surface area (TPSA) is 67.9 Å². The summed E-state index contributed by atoms with van der Waals surface area (Å²) >= 11 is 0. The molecule has 2 aliphatic heterocycles. The van der Waals surface area contributed by atoms with E-state index in [0.717, 1.165) is 11.3 Å². The molecular weight excluding hydrogens is 284 g/mol. The van der Waals surface area contributed by atoms with Gasteiger partial charge in [-0.2, -0.15) is 0 Å². The minimum absolute atomic E-state index is 0.0767. The van der Waals surface area contributed by atoms with Crippen LogP contribution < -0.4 is 10.1 Å². The zero-order chi connectivity index (χ0) is 15.5. The first-order chi connectivity index (χ1) is 10.6. The lowest BCUT2D eigenvalue weighted by atomic mass is 10.1. The number of nitrogens with zero attached hydrogens (tertiary/aromatic N) is 1. The number of hydrogen-bond donors (Lipinski definition) is 1. The first-order valence-electron chi connectivity index (χ1n) is 7.56. The van der Waals surface area contributed by atoms with E-state index in [9.17, 15) is 9.59 Å². The van der Waals surface area contributed by atoms with Crippen molar-refractivity contribution >= 4 is 11.8 Å². The van der Waals surface area contributed by atoms with Crippen molar-refractivity contribution in [2.24, 2.45) is 0 Å². The van der Waals surface area contributed by atoms with Crippen molar-refractivity contribution in [2.75, 3.05) is 26.3 Å². The number of fused-ring (bicyclic) bond motifs is 1. The van der Waals surface area contributed by atoms with Gasteiger partial charge < -0.3 is 19.7 Å². The van der Waals surface area contributed by atoms with Gasteiger partial charge >= 0.3 is 0 Å². The van der Waals surface area contributed by atoms with E-state index in [4.69, 9.17) is 9.47 Å². The number of nitrogens with one attached hydrogen (secondary N) is 1. The Bertz CT molecular complexity index is 544. The maximum Gasteiger partial charge on any atom is 0.262 e.